The molecule has 0 saturated carbocycles. The van der Waals surface area contributed by atoms with Crippen LogP contribution in [-0.2, 0) is 14.3 Å². The number of rotatable bonds is 3. The van der Waals surface area contributed by atoms with Crippen molar-refractivity contribution in [1.29, 1.82) is 0 Å². The molecule has 1 saturated heterocycles. The minimum atomic E-state index is -0.380. The highest BCUT2D eigenvalue weighted by atomic mass is 79.9. The molecule has 0 aromatic carbocycles. The Morgan fingerprint density at radius 1 is 1.55 bits per heavy atom. The molecule has 0 amide bonds. The fraction of sp³-hybridized carbons (Fsp3) is 0.714. The number of esters is 2. The van der Waals surface area contributed by atoms with E-state index in [1.54, 1.807) is 0 Å². The second-order valence-corrected chi connectivity index (χ2v) is 3.32. The average molecular weight is 221 g/mol. The van der Waals surface area contributed by atoms with Crippen LogP contribution in [0.25, 0.3) is 0 Å². The van der Waals surface area contributed by atoms with Crippen molar-refractivity contribution in [1.82, 2.24) is 0 Å². The summed E-state index contributed by atoms with van der Waals surface area (Å²) in [5.41, 5.74) is 0. The van der Waals surface area contributed by atoms with Crippen LogP contribution in [0.5, 0.6) is 0 Å². The minimum Gasteiger partial charge on any atom is -0.393 e. The van der Waals surface area contributed by atoms with Crippen molar-refractivity contribution in [2.24, 2.45) is 5.92 Å². The summed E-state index contributed by atoms with van der Waals surface area (Å²) in [4.78, 5) is 21.4. The van der Waals surface area contributed by atoms with Crippen LogP contribution in [-0.4, -0.2) is 17.3 Å². The van der Waals surface area contributed by atoms with E-state index in [1.165, 1.54) is 0 Å². The Morgan fingerprint density at radius 2 is 2.27 bits per heavy atom. The third kappa shape index (κ3) is 2.29. The smallest absolute Gasteiger partial charge is 0.317 e. The first-order valence-corrected chi connectivity index (χ1v) is 4.66. The Kier molecular flexibility index (Phi) is 3.05. The molecule has 0 N–H and O–H groups in total. The van der Waals surface area contributed by atoms with Gasteiger partial charge in [0.2, 0.25) is 0 Å². The molecule has 1 aliphatic rings. The van der Waals surface area contributed by atoms with Crippen LogP contribution in [0.15, 0.2) is 0 Å². The van der Waals surface area contributed by atoms with Crippen LogP contribution >= 0.6 is 15.9 Å². The highest BCUT2D eigenvalue weighted by Crippen LogP contribution is 2.20. The molecule has 11 heavy (non-hydrogen) atoms. The Hall–Kier alpha value is -0.380. The van der Waals surface area contributed by atoms with E-state index in [4.69, 9.17) is 0 Å². The van der Waals surface area contributed by atoms with Crippen molar-refractivity contribution < 1.29 is 14.3 Å². The van der Waals surface area contributed by atoms with Gasteiger partial charge in [0.25, 0.3) is 0 Å². The number of hydrogen-bond acceptors (Lipinski definition) is 3. The molecule has 1 rings (SSSR count). The molecular formula is C7H9BrO3. The van der Waals surface area contributed by atoms with Crippen LogP contribution < -0.4 is 0 Å². The Bertz CT molecular complexity index is 179. The van der Waals surface area contributed by atoms with Gasteiger partial charge in [0.15, 0.2) is 0 Å². The SMILES string of the molecule is O=C1CC(CCCBr)C(=O)O1. The van der Waals surface area contributed by atoms with Gasteiger partial charge in [0.1, 0.15) is 0 Å². The number of ether oxygens (including phenoxy) is 1. The van der Waals surface area contributed by atoms with Gasteiger partial charge in [-0.25, -0.2) is 0 Å². The van der Waals surface area contributed by atoms with E-state index in [0.717, 1.165) is 18.2 Å². The standard InChI is InChI=1S/C7H9BrO3/c8-3-1-2-5-4-6(9)11-7(5)10/h5H,1-4H2. The maximum absolute atomic E-state index is 10.8. The Morgan fingerprint density at radius 3 is 2.73 bits per heavy atom. The van der Waals surface area contributed by atoms with Gasteiger partial charge in [-0.15, -0.1) is 0 Å². The van der Waals surface area contributed by atoms with Crippen LogP contribution in [0.2, 0.25) is 0 Å². The molecule has 3 nitrogen and oxygen atoms in total. The lowest BCUT2D eigenvalue weighted by atomic mass is 10.0. The van der Waals surface area contributed by atoms with Crippen molar-refractivity contribution >= 4 is 27.9 Å². The van der Waals surface area contributed by atoms with Crippen molar-refractivity contribution in [3.63, 3.8) is 0 Å². The maximum atomic E-state index is 10.8. The third-order valence-corrected chi connectivity index (χ3v) is 2.21. The molecule has 1 atom stereocenters. The zero-order chi connectivity index (χ0) is 8.27. The van der Waals surface area contributed by atoms with Gasteiger partial charge in [0, 0.05) is 5.33 Å². The van der Waals surface area contributed by atoms with Gasteiger partial charge in [-0.05, 0) is 12.8 Å². The molecule has 0 spiro atoms. The summed E-state index contributed by atoms with van der Waals surface area (Å²) in [5.74, 6) is -0.912. The Labute approximate surface area is 73.2 Å². The van der Waals surface area contributed by atoms with E-state index in [0.29, 0.717) is 0 Å². The summed E-state index contributed by atoms with van der Waals surface area (Å²) in [5, 5.41) is 0.866. The first-order valence-electron chi connectivity index (χ1n) is 3.54. The molecule has 62 valence electrons. The topological polar surface area (TPSA) is 43.4 Å². The second kappa shape index (κ2) is 3.85. The number of hydrogen-bond donors (Lipinski definition) is 0. The predicted molar refractivity (Wildman–Crippen MR) is 42.2 cm³/mol. The molecule has 0 aliphatic carbocycles. The fourth-order valence-electron chi connectivity index (χ4n) is 1.07. The normalized spacial score (nSPS) is 23.9. The lowest BCUT2D eigenvalue weighted by Gasteiger charge is -1.99. The van der Waals surface area contributed by atoms with Gasteiger partial charge >= 0.3 is 11.9 Å². The largest absolute Gasteiger partial charge is 0.393 e. The van der Waals surface area contributed by atoms with Gasteiger partial charge in [-0.2, -0.15) is 0 Å². The molecular weight excluding hydrogens is 212 g/mol. The molecule has 1 fully saturated rings. The second-order valence-electron chi connectivity index (χ2n) is 2.53. The summed E-state index contributed by atoms with van der Waals surface area (Å²) in [6, 6.07) is 0. The monoisotopic (exact) mass is 220 g/mol. The number of cyclic esters (lactones) is 2. The maximum Gasteiger partial charge on any atom is 0.317 e. The van der Waals surface area contributed by atoms with Gasteiger partial charge < -0.3 is 4.74 Å². The van der Waals surface area contributed by atoms with Crippen molar-refractivity contribution in [2.75, 3.05) is 5.33 Å². The number of halogens is 1. The first-order chi connectivity index (χ1) is 5.24. The third-order valence-electron chi connectivity index (χ3n) is 1.65. The average Bonchev–Trinajstić information content (AvgIpc) is 2.26. The fourth-order valence-corrected chi connectivity index (χ4v) is 1.39. The number of carbonyl (C=O) groups excluding carboxylic acids is 2. The zero-order valence-corrected chi connectivity index (χ0v) is 7.59. The van der Waals surface area contributed by atoms with E-state index in [9.17, 15) is 9.59 Å². The quantitative estimate of drug-likeness (QED) is 0.409. The van der Waals surface area contributed by atoms with E-state index < -0.39 is 0 Å². The van der Waals surface area contributed by atoms with Gasteiger partial charge in [-0.3, -0.25) is 9.59 Å². The van der Waals surface area contributed by atoms with Crippen LogP contribution in [0, 0.1) is 5.92 Å². The summed E-state index contributed by atoms with van der Waals surface area (Å²) < 4.78 is 4.38. The van der Waals surface area contributed by atoms with E-state index in [-0.39, 0.29) is 24.3 Å². The highest BCUT2D eigenvalue weighted by molar-refractivity contribution is 9.09. The lowest BCUT2D eigenvalue weighted by Crippen LogP contribution is -2.07. The molecule has 1 aliphatic heterocycles. The Balaban J connectivity index is 2.34. The van der Waals surface area contributed by atoms with Gasteiger partial charge in [-0.1, -0.05) is 15.9 Å². The number of alkyl halides is 1. The summed E-state index contributed by atoms with van der Waals surface area (Å²) in [6.07, 6.45) is 1.93. The highest BCUT2D eigenvalue weighted by Gasteiger charge is 2.32. The molecule has 0 bridgehead atoms. The zero-order valence-electron chi connectivity index (χ0n) is 6.01. The van der Waals surface area contributed by atoms with E-state index in [2.05, 4.69) is 20.7 Å². The van der Waals surface area contributed by atoms with Crippen molar-refractivity contribution in [3.05, 3.63) is 0 Å². The van der Waals surface area contributed by atoms with Crippen LogP contribution in [0.4, 0.5) is 0 Å². The van der Waals surface area contributed by atoms with Gasteiger partial charge in [0.05, 0.1) is 12.3 Å². The predicted octanol–water partition coefficient (Wildman–Crippen LogP) is 1.25. The van der Waals surface area contributed by atoms with E-state index >= 15 is 0 Å². The molecule has 1 unspecified atom stereocenters. The lowest BCUT2D eigenvalue weighted by molar-refractivity contribution is -0.153. The molecule has 1 heterocycles. The van der Waals surface area contributed by atoms with Crippen molar-refractivity contribution in [3.8, 4) is 0 Å². The first kappa shape index (κ1) is 8.71. The molecule has 0 aromatic heterocycles. The summed E-state index contributed by atoms with van der Waals surface area (Å²) in [6.45, 7) is 0. The molecule has 4 heteroatoms. The van der Waals surface area contributed by atoms with Crippen LogP contribution in [0.1, 0.15) is 19.3 Å². The molecule has 0 aromatic rings. The molecule has 0 radical (unpaired) electrons. The minimum absolute atomic E-state index is 0.181. The summed E-state index contributed by atoms with van der Waals surface area (Å²) in [7, 11) is 0. The van der Waals surface area contributed by atoms with E-state index in [1.807, 2.05) is 0 Å². The van der Waals surface area contributed by atoms with Crippen molar-refractivity contribution in [2.45, 2.75) is 19.3 Å². The van der Waals surface area contributed by atoms with Crippen LogP contribution in [0.3, 0.4) is 0 Å². The number of carbonyl (C=O) groups is 2. The summed E-state index contributed by atoms with van der Waals surface area (Å²) >= 11 is 3.25.